The van der Waals surface area contributed by atoms with E-state index in [0.29, 0.717) is 25.7 Å². The third kappa shape index (κ3) is 18.1. The lowest BCUT2D eigenvalue weighted by atomic mass is 9.94. The van der Waals surface area contributed by atoms with Crippen LogP contribution in [0, 0.1) is 11.8 Å². The van der Waals surface area contributed by atoms with Crippen molar-refractivity contribution in [3.63, 3.8) is 0 Å². The number of rotatable bonds is 23. The number of methoxy groups -OCH3 is 1. The number of ether oxygens (including phenoxy) is 3. The van der Waals surface area contributed by atoms with Gasteiger partial charge in [0.1, 0.15) is 17.7 Å². The molecule has 0 aliphatic heterocycles. The van der Waals surface area contributed by atoms with Crippen molar-refractivity contribution in [1.82, 2.24) is 16.0 Å². The highest BCUT2D eigenvalue weighted by Gasteiger charge is 2.36. The molecule has 324 valence electrons. The van der Waals surface area contributed by atoms with Gasteiger partial charge in [0.15, 0.2) is 15.6 Å². The van der Waals surface area contributed by atoms with Gasteiger partial charge in [-0.15, -0.1) is 0 Å². The molecule has 0 unspecified atom stereocenters. The molecule has 0 fully saturated rings. The Hall–Kier alpha value is -4.30. The van der Waals surface area contributed by atoms with Crippen molar-refractivity contribution >= 4 is 39.5 Å². The summed E-state index contributed by atoms with van der Waals surface area (Å²) >= 11 is 0. The maximum atomic E-state index is 14.2. The summed E-state index contributed by atoms with van der Waals surface area (Å²) in [6, 6.07) is 13.9. The SMILES string of the molecule is CCCCC[C@H](NC(=O)[C@H](C)CC(=O)[C@@H](NC(=O)[C@H](CCCCNC(=O)OC(C)(C)C)CS(=O)(=O)c1ccc(-c2ccccc2)cc1)[C@@H](C)OC(C)(C)C)C(=O)OC. The minimum Gasteiger partial charge on any atom is -0.467 e. The van der Waals surface area contributed by atoms with Crippen LogP contribution in [0.2, 0.25) is 0 Å². The fourth-order valence-corrected chi connectivity index (χ4v) is 7.93. The van der Waals surface area contributed by atoms with Gasteiger partial charge in [-0.1, -0.05) is 82.0 Å². The molecule has 0 spiro atoms. The molecule has 14 heteroatoms. The van der Waals surface area contributed by atoms with Crippen molar-refractivity contribution < 1.29 is 46.6 Å². The van der Waals surface area contributed by atoms with Gasteiger partial charge in [0, 0.05) is 18.9 Å². The molecule has 58 heavy (non-hydrogen) atoms. The first kappa shape index (κ1) is 49.8. The molecule has 0 aromatic heterocycles. The lowest BCUT2D eigenvalue weighted by Gasteiger charge is -2.32. The Labute approximate surface area is 346 Å². The molecule has 5 atom stereocenters. The van der Waals surface area contributed by atoms with Crippen LogP contribution in [-0.4, -0.2) is 86.9 Å². The van der Waals surface area contributed by atoms with Crippen LogP contribution >= 0.6 is 0 Å². The summed E-state index contributed by atoms with van der Waals surface area (Å²) in [5, 5.41) is 8.20. The predicted octanol–water partition coefficient (Wildman–Crippen LogP) is 6.96. The number of carbonyl (C=O) groups excluding carboxylic acids is 5. The summed E-state index contributed by atoms with van der Waals surface area (Å²) in [5.41, 5.74) is 0.367. The number of ketones is 1. The minimum atomic E-state index is -4.00. The molecule has 3 N–H and O–H groups in total. The van der Waals surface area contributed by atoms with Crippen molar-refractivity contribution in [2.24, 2.45) is 11.8 Å². The monoisotopic (exact) mass is 829 g/mol. The van der Waals surface area contributed by atoms with Crippen molar-refractivity contribution in [2.45, 2.75) is 148 Å². The van der Waals surface area contributed by atoms with Crippen LogP contribution in [-0.2, 0) is 43.2 Å². The second-order valence-electron chi connectivity index (χ2n) is 16.9. The standard InChI is InChI=1S/C44H67N3O10S/c1-11-12-14-22-36(41(51)55-10)46-39(49)30(2)28-37(48)38(31(3)56-43(4,5)6)47-40(50)34(21-17-18-27-45-42(52)57-44(7,8)9)29-58(53,54)35-25-23-33(24-26-35)32-19-15-13-16-20-32/h13,15-16,19-20,23-26,30-31,34,36,38H,11-12,14,17-18,21-22,27-29H2,1-10H3,(H,45,52)(H,46,49)(H,47,50)/t30-,31-,34-,36+,38+/m1/s1. The van der Waals surface area contributed by atoms with Crippen LogP contribution in [0.4, 0.5) is 4.79 Å². The molecule has 0 saturated carbocycles. The number of unbranched alkanes of at least 4 members (excludes halogenated alkanes) is 3. The van der Waals surface area contributed by atoms with E-state index >= 15 is 0 Å². The molecule has 0 bridgehead atoms. The van der Waals surface area contributed by atoms with Gasteiger partial charge in [-0.05, 0) is 91.0 Å². The fourth-order valence-electron chi connectivity index (χ4n) is 6.34. The molecule has 0 aliphatic rings. The molecule has 13 nitrogen and oxygen atoms in total. The van der Waals surface area contributed by atoms with Crippen molar-refractivity contribution in [3.8, 4) is 11.1 Å². The molecule has 0 saturated heterocycles. The molecule has 2 aromatic carbocycles. The van der Waals surface area contributed by atoms with E-state index in [-0.39, 0.29) is 24.3 Å². The number of nitrogens with one attached hydrogen (secondary N) is 3. The Morgan fingerprint density at radius 3 is 1.91 bits per heavy atom. The quantitative estimate of drug-likeness (QED) is 0.0782. The van der Waals surface area contributed by atoms with Gasteiger partial charge < -0.3 is 30.2 Å². The summed E-state index contributed by atoms with van der Waals surface area (Å²) in [6.07, 6.45) is 2.09. The van der Waals surface area contributed by atoms with E-state index < -0.39 is 86.5 Å². The second kappa shape index (κ2) is 23.3. The van der Waals surface area contributed by atoms with Crippen LogP contribution in [0.15, 0.2) is 59.5 Å². The van der Waals surface area contributed by atoms with Crippen molar-refractivity contribution in [2.75, 3.05) is 19.4 Å². The third-order valence-electron chi connectivity index (χ3n) is 9.27. The molecular weight excluding hydrogens is 763 g/mol. The highest BCUT2D eigenvalue weighted by atomic mass is 32.2. The largest absolute Gasteiger partial charge is 0.467 e. The van der Waals surface area contributed by atoms with E-state index in [1.165, 1.54) is 19.2 Å². The first-order chi connectivity index (χ1) is 27.1. The van der Waals surface area contributed by atoms with E-state index in [1.807, 2.05) is 37.3 Å². The van der Waals surface area contributed by atoms with Gasteiger partial charge in [0.05, 0.1) is 35.4 Å². The van der Waals surface area contributed by atoms with Gasteiger partial charge in [0.25, 0.3) is 0 Å². The van der Waals surface area contributed by atoms with Gasteiger partial charge in [-0.25, -0.2) is 18.0 Å². The molecule has 2 aromatic rings. The maximum absolute atomic E-state index is 14.2. The summed E-state index contributed by atoms with van der Waals surface area (Å²) in [5.74, 6) is -4.74. The zero-order chi connectivity index (χ0) is 43.7. The summed E-state index contributed by atoms with van der Waals surface area (Å²) in [7, 11) is -2.75. The first-order valence-electron chi connectivity index (χ1n) is 20.3. The van der Waals surface area contributed by atoms with E-state index in [4.69, 9.17) is 14.2 Å². The number of Topliss-reactive ketones (excluding diaryl/α,β-unsaturated/α-hetero) is 1. The third-order valence-corrected chi connectivity index (χ3v) is 11.1. The average Bonchev–Trinajstić information content (AvgIpc) is 3.14. The smallest absolute Gasteiger partial charge is 0.407 e. The zero-order valence-corrected chi connectivity index (χ0v) is 37.0. The first-order valence-corrected chi connectivity index (χ1v) is 22.0. The minimum absolute atomic E-state index is 0.0495. The number of hydrogen-bond donors (Lipinski definition) is 3. The molecule has 0 aliphatic carbocycles. The Balaban J connectivity index is 2.34. The van der Waals surface area contributed by atoms with Gasteiger partial charge >= 0.3 is 12.1 Å². The molecule has 0 radical (unpaired) electrons. The lowest BCUT2D eigenvalue weighted by Crippen LogP contribution is -2.53. The normalized spacial score (nSPS) is 14.6. The molecular formula is C44H67N3O10S. The molecule has 3 amide bonds. The number of carbonyl (C=O) groups is 5. The van der Waals surface area contributed by atoms with Crippen molar-refractivity contribution in [3.05, 3.63) is 54.6 Å². The highest BCUT2D eigenvalue weighted by Crippen LogP contribution is 2.25. The summed E-state index contributed by atoms with van der Waals surface area (Å²) < 4.78 is 44.1. The Morgan fingerprint density at radius 1 is 0.741 bits per heavy atom. The van der Waals surface area contributed by atoms with Crippen LogP contribution in [0.1, 0.15) is 114 Å². The maximum Gasteiger partial charge on any atom is 0.407 e. The van der Waals surface area contributed by atoms with E-state index in [2.05, 4.69) is 16.0 Å². The number of alkyl carbamates (subject to hydrolysis) is 1. The number of hydrogen-bond acceptors (Lipinski definition) is 10. The molecule has 2 rings (SSSR count). The topological polar surface area (TPSA) is 183 Å². The van der Waals surface area contributed by atoms with Crippen LogP contribution < -0.4 is 16.0 Å². The van der Waals surface area contributed by atoms with Crippen LogP contribution in [0.3, 0.4) is 0 Å². The Kier molecular flexibility index (Phi) is 20.1. The van der Waals surface area contributed by atoms with Gasteiger partial charge in [-0.3, -0.25) is 14.4 Å². The fraction of sp³-hybridized carbons (Fsp3) is 0.614. The van der Waals surface area contributed by atoms with Crippen LogP contribution in [0.25, 0.3) is 11.1 Å². The van der Waals surface area contributed by atoms with Gasteiger partial charge in [-0.2, -0.15) is 0 Å². The van der Waals surface area contributed by atoms with E-state index in [9.17, 15) is 32.4 Å². The second-order valence-corrected chi connectivity index (χ2v) is 18.9. The van der Waals surface area contributed by atoms with E-state index in [0.717, 1.165) is 24.0 Å². The summed E-state index contributed by atoms with van der Waals surface area (Å²) in [4.78, 5) is 66.1. The number of esters is 1. The van der Waals surface area contributed by atoms with Crippen molar-refractivity contribution in [1.29, 1.82) is 0 Å². The Morgan fingerprint density at radius 2 is 1.34 bits per heavy atom. The Bertz CT molecular complexity index is 1740. The van der Waals surface area contributed by atoms with E-state index in [1.54, 1.807) is 67.5 Å². The lowest BCUT2D eigenvalue weighted by molar-refractivity contribution is -0.146. The number of sulfone groups is 1. The summed E-state index contributed by atoms with van der Waals surface area (Å²) in [6.45, 7) is 16.1. The molecule has 0 heterocycles. The highest BCUT2D eigenvalue weighted by molar-refractivity contribution is 7.91. The van der Waals surface area contributed by atoms with Gasteiger partial charge in [0.2, 0.25) is 11.8 Å². The zero-order valence-electron chi connectivity index (χ0n) is 36.1. The number of benzene rings is 2. The predicted molar refractivity (Wildman–Crippen MR) is 225 cm³/mol. The van der Waals surface area contributed by atoms with Crippen LogP contribution in [0.5, 0.6) is 0 Å². The average molecular weight is 830 g/mol. The number of amides is 3.